The van der Waals surface area contributed by atoms with Crippen LogP contribution >= 0.6 is 0 Å². The molecule has 32 heavy (non-hydrogen) atoms. The van der Waals surface area contributed by atoms with Crippen LogP contribution in [0.25, 0.3) is 10.8 Å². The number of nitrogens with two attached hydrogens (primary N) is 1. The molecule has 2 aliphatic heterocycles. The van der Waals surface area contributed by atoms with E-state index in [-0.39, 0.29) is 5.82 Å². The van der Waals surface area contributed by atoms with Crippen LogP contribution in [0.5, 0.6) is 0 Å². The number of halogens is 1. The molecular weight excluding hydrogens is 409 g/mol. The number of aryl methyl sites for hydroxylation is 1. The molecule has 2 atom stereocenters. The third-order valence-electron chi connectivity index (χ3n) is 6.53. The third kappa shape index (κ3) is 3.87. The zero-order valence-electron chi connectivity index (χ0n) is 18.4. The summed E-state index contributed by atoms with van der Waals surface area (Å²) in [4.78, 5) is 9.51. The maximum absolute atomic E-state index is 14.0. The number of nitrogens with one attached hydrogen (secondary N) is 1. The zero-order valence-corrected chi connectivity index (χ0v) is 18.4. The number of fused-ring (bicyclic) bond motifs is 2. The molecule has 0 unspecified atom stereocenters. The Hall–Kier alpha value is -2.88. The number of nitrogens with zero attached hydrogens (tertiary/aromatic N) is 5. The van der Waals surface area contributed by atoms with E-state index in [9.17, 15) is 4.39 Å². The summed E-state index contributed by atoms with van der Waals surface area (Å²) in [5, 5.41) is 13.7. The van der Waals surface area contributed by atoms with E-state index in [1.165, 1.54) is 6.07 Å². The lowest BCUT2D eigenvalue weighted by Gasteiger charge is -2.44. The Morgan fingerprint density at radius 2 is 2.06 bits per heavy atom. The molecule has 9 heteroatoms. The maximum atomic E-state index is 14.0. The van der Waals surface area contributed by atoms with E-state index >= 15 is 0 Å². The molecule has 3 N–H and O–H groups in total. The molecule has 168 valence electrons. The van der Waals surface area contributed by atoms with Gasteiger partial charge in [0, 0.05) is 43.1 Å². The SMILES string of the molecule is Cc1c(F)cccc1[C@@H](N)Nc1nnc(C)c2cnc(N3CCN4CCOC[C@@H]4C3)cc12. The van der Waals surface area contributed by atoms with Crippen molar-refractivity contribution >= 4 is 22.4 Å². The number of anilines is 2. The lowest BCUT2D eigenvalue weighted by atomic mass is 10.1. The first-order valence-corrected chi connectivity index (χ1v) is 11.0. The Morgan fingerprint density at radius 1 is 1.19 bits per heavy atom. The highest BCUT2D eigenvalue weighted by Gasteiger charge is 2.30. The summed E-state index contributed by atoms with van der Waals surface area (Å²) in [7, 11) is 0. The number of hydrogen-bond acceptors (Lipinski definition) is 8. The van der Waals surface area contributed by atoms with Crippen molar-refractivity contribution in [3.8, 4) is 0 Å². The average molecular weight is 438 g/mol. The zero-order chi connectivity index (χ0) is 22.2. The smallest absolute Gasteiger partial charge is 0.158 e. The van der Waals surface area contributed by atoms with E-state index in [0.717, 1.165) is 61.7 Å². The molecule has 8 nitrogen and oxygen atoms in total. The second kappa shape index (κ2) is 8.57. The molecule has 2 saturated heterocycles. The highest BCUT2D eigenvalue weighted by Crippen LogP contribution is 2.29. The monoisotopic (exact) mass is 437 g/mol. The topological polar surface area (TPSA) is 92.4 Å². The molecule has 3 aromatic rings. The van der Waals surface area contributed by atoms with Crippen molar-refractivity contribution in [2.75, 3.05) is 49.6 Å². The normalized spacial score (nSPS) is 20.2. The summed E-state index contributed by atoms with van der Waals surface area (Å²) < 4.78 is 19.7. The van der Waals surface area contributed by atoms with Crippen molar-refractivity contribution in [1.82, 2.24) is 20.1 Å². The van der Waals surface area contributed by atoms with E-state index in [1.807, 2.05) is 25.3 Å². The van der Waals surface area contributed by atoms with Gasteiger partial charge >= 0.3 is 0 Å². The molecule has 4 heterocycles. The van der Waals surface area contributed by atoms with Crippen LogP contribution in [0.2, 0.25) is 0 Å². The minimum atomic E-state index is -0.620. The van der Waals surface area contributed by atoms with E-state index in [1.54, 1.807) is 13.0 Å². The van der Waals surface area contributed by atoms with Crippen LogP contribution in [0.4, 0.5) is 16.0 Å². The Bertz CT molecular complexity index is 1140. The van der Waals surface area contributed by atoms with Gasteiger partial charge in [0.05, 0.1) is 24.9 Å². The number of pyridine rings is 1. The van der Waals surface area contributed by atoms with Crippen molar-refractivity contribution in [3.05, 3.63) is 53.1 Å². The number of ether oxygens (including phenoxy) is 1. The molecule has 0 radical (unpaired) electrons. The summed E-state index contributed by atoms with van der Waals surface area (Å²) in [6, 6.07) is 7.34. The van der Waals surface area contributed by atoms with Gasteiger partial charge in [-0.05, 0) is 37.1 Å². The fourth-order valence-corrected chi connectivity index (χ4v) is 4.58. The van der Waals surface area contributed by atoms with Gasteiger partial charge in [-0.2, -0.15) is 5.10 Å². The molecule has 0 amide bonds. The summed E-state index contributed by atoms with van der Waals surface area (Å²) in [5.74, 6) is 1.18. The van der Waals surface area contributed by atoms with Gasteiger partial charge in [-0.15, -0.1) is 5.10 Å². The highest BCUT2D eigenvalue weighted by molar-refractivity contribution is 5.94. The standard InChI is InChI=1S/C23H28FN7O/c1-14-17(4-3-5-20(14)24)22(25)27-23-18-10-21(26-11-19(18)15(2)28-29-23)31-7-6-30-8-9-32-13-16(30)12-31/h3-5,10-11,16,22H,6-9,12-13,25H2,1-2H3,(H,27,29)/t16-,22-/m0/s1. The van der Waals surface area contributed by atoms with Crippen molar-refractivity contribution < 1.29 is 9.13 Å². The average Bonchev–Trinajstić information content (AvgIpc) is 2.82. The van der Waals surface area contributed by atoms with Gasteiger partial charge in [0.15, 0.2) is 5.82 Å². The number of benzene rings is 1. The predicted molar refractivity (Wildman–Crippen MR) is 122 cm³/mol. The van der Waals surface area contributed by atoms with Crippen molar-refractivity contribution in [3.63, 3.8) is 0 Å². The Balaban J connectivity index is 1.46. The molecule has 0 saturated carbocycles. The van der Waals surface area contributed by atoms with E-state index in [0.29, 0.717) is 23.0 Å². The van der Waals surface area contributed by atoms with Gasteiger partial charge in [-0.1, -0.05) is 12.1 Å². The Kier molecular flexibility index (Phi) is 5.62. The molecular formula is C23H28FN7O. The number of piperazine rings is 1. The summed E-state index contributed by atoms with van der Waals surface area (Å²) >= 11 is 0. The molecule has 0 spiro atoms. The Morgan fingerprint density at radius 3 is 2.94 bits per heavy atom. The fourth-order valence-electron chi connectivity index (χ4n) is 4.58. The first-order chi connectivity index (χ1) is 15.5. The van der Waals surface area contributed by atoms with Gasteiger partial charge in [0.25, 0.3) is 0 Å². The lowest BCUT2D eigenvalue weighted by molar-refractivity contribution is -0.0117. The maximum Gasteiger partial charge on any atom is 0.158 e. The number of rotatable bonds is 4. The van der Waals surface area contributed by atoms with Gasteiger partial charge < -0.3 is 20.7 Å². The Labute approximate surface area is 186 Å². The third-order valence-corrected chi connectivity index (χ3v) is 6.53. The quantitative estimate of drug-likeness (QED) is 0.601. The minimum absolute atomic E-state index is 0.281. The molecule has 2 fully saturated rings. The molecule has 2 aliphatic rings. The largest absolute Gasteiger partial charge is 0.378 e. The van der Waals surface area contributed by atoms with Gasteiger partial charge in [-0.25, -0.2) is 9.37 Å². The van der Waals surface area contributed by atoms with Crippen LogP contribution in [-0.4, -0.2) is 65.5 Å². The summed E-state index contributed by atoms with van der Waals surface area (Å²) in [6.07, 6.45) is 1.23. The van der Waals surface area contributed by atoms with Gasteiger partial charge in [0.2, 0.25) is 0 Å². The molecule has 2 aromatic heterocycles. The van der Waals surface area contributed by atoms with Crippen molar-refractivity contribution in [2.24, 2.45) is 5.73 Å². The van der Waals surface area contributed by atoms with Crippen LogP contribution in [0, 0.1) is 19.7 Å². The molecule has 5 rings (SSSR count). The fraction of sp³-hybridized carbons (Fsp3) is 0.435. The van der Waals surface area contributed by atoms with Crippen LogP contribution < -0.4 is 16.0 Å². The van der Waals surface area contributed by atoms with E-state index < -0.39 is 6.17 Å². The van der Waals surface area contributed by atoms with Crippen LogP contribution in [0.15, 0.2) is 30.5 Å². The first-order valence-electron chi connectivity index (χ1n) is 11.0. The van der Waals surface area contributed by atoms with Crippen LogP contribution in [-0.2, 0) is 4.74 Å². The van der Waals surface area contributed by atoms with E-state index in [2.05, 4.69) is 25.3 Å². The molecule has 1 aromatic carbocycles. The number of hydrogen-bond donors (Lipinski definition) is 2. The van der Waals surface area contributed by atoms with Gasteiger partial charge in [-0.3, -0.25) is 4.90 Å². The van der Waals surface area contributed by atoms with Crippen LogP contribution in [0.3, 0.4) is 0 Å². The predicted octanol–water partition coefficient (Wildman–Crippen LogP) is 2.37. The highest BCUT2D eigenvalue weighted by atomic mass is 19.1. The first kappa shape index (κ1) is 21.0. The van der Waals surface area contributed by atoms with Crippen LogP contribution in [0.1, 0.15) is 23.0 Å². The number of morpholine rings is 1. The summed E-state index contributed by atoms with van der Waals surface area (Å²) in [5.41, 5.74) is 8.39. The van der Waals surface area contributed by atoms with Crippen molar-refractivity contribution in [2.45, 2.75) is 26.1 Å². The molecule has 0 bridgehead atoms. The second-order valence-corrected chi connectivity index (χ2v) is 8.51. The van der Waals surface area contributed by atoms with Gasteiger partial charge in [0.1, 0.15) is 17.8 Å². The lowest BCUT2D eigenvalue weighted by Crippen LogP contribution is -2.58. The second-order valence-electron chi connectivity index (χ2n) is 8.51. The van der Waals surface area contributed by atoms with E-state index in [4.69, 9.17) is 15.5 Å². The van der Waals surface area contributed by atoms with Crippen molar-refractivity contribution in [1.29, 1.82) is 0 Å². The molecule has 0 aliphatic carbocycles. The summed E-state index contributed by atoms with van der Waals surface area (Å²) in [6.45, 7) is 8.97. The number of aromatic nitrogens is 3. The minimum Gasteiger partial charge on any atom is -0.378 e.